The molecule has 8 heteroatoms. The van der Waals surface area contributed by atoms with Crippen molar-refractivity contribution in [2.75, 3.05) is 20.3 Å². The Balaban J connectivity index is 1.87. The molecule has 1 unspecified atom stereocenters. The average Bonchev–Trinajstić information content (AvgIpc) is 3.30. The first-order valence-electron chi connectivity index (χ1n) is 9.07. The Morgan fingerprint density at radius 2 is 2.00 bits per heavy atom. The Morgan fingerprint density at radius 3 is 2.61 bits per heavy atom. The average molecular weight is 385 g/mol. The van der Waals surface area contributed by atoms with Crippen LogP contribution in [0, 0.1) is 0 Å². The Labute approximate surface area is 163 Å². The molecule has 1 aliphatic heterocycles. The van der Waals surface area contributed by atoms with Crippen LogP contribution in [0.15, 0.2) is 54.3 Å². The number of aliphatic hydroxyl groups excluding tert-OH is 1. The van der Waals surface area contributed by atoms with Gasteiger partial charge in [0, 0.05) is 25.5 Å². The van der Waals surface area contributed by atoms with Crippen molar-refractivity contribution in [3.63, 3.8) is 0 Å². The Morgan fingerprint density at radius 1 is 1.25 bits per heavy atom. The lowest BCUT2D eigenvalue weighted by Crippen LogP contribution is -2.32. The fourth-order valence-electron chi connectivity index (χ4n) is 3.28. The first kappa shape index (κ1) is 19.5. The van der Waals surface area contributed by atoms with Gasteiger partial charge in [0.2, 0.25) is 0 Å². The zero-order valence-corrected chi connectivity index (χ0v) is 15.9. The number of aryl methyl sites for hydroxylation is 1. The molecule has 1 aromatic carbocycles. The summed E-state index contributed by atoms with van der Waals surface area (Å²) in [5.41, 5.74) is 0.670. The third-order valence-electron chi connectivity index (χ3n) is 4.61. The summed E-state index contributed by atoms with van der Waals surface area (Å²) in [5.74, 6) is -1.16. The number of benzene rings is 1. The van der Waals surface area contributed by atoms with Gasteiger partial charge < -0.3 is 24.0 Å². The van der Waals surface area contributed by atoms with Crippen LogP contribution in [-0.2, 0) is 20.9 Å². The van der Waals surface area contributed by atoms with E-state index in [9.17, 15) is 14.7 Å². The first-order chi connectivity index (χ1) is 13.6. The number of rotatable bonds is 8. The van der Waals surface area contributed by atoms with E-state index >= 15 is 0 Å². The second-order valence-corrected chi connectivity index (χ2v) is 6.31. The minimum absolute atomic E-state index is 0.0281. The molecule has 1 aromatic heterocycles. The monoisotopic (exact) mass is 385 g/mol. The van der Waals surface area contributed by atoms with E-state index in [1.165, 1.54) is 4.90 Å². The fraction of sp³-hybridized carbons (Fsp3) is 0.350. The van der Waals surface area contributed by atoms with E-state index in [1.54, 1.807) is 50.8 Å². The Bertz CT molecular complexity index is 858. The topological polar surface area (TPSA) is 93.9 Å². The standard InChI is InChI=1S/C20H23N3O5/c1-3-28-20(26)16-17(14-5-7-15(27-2)8-6-14)23(19(25)18(16)24)11-4-10-22-12-9-21-13-22/h5-9,12-13,17,24H,3-4,10-11H2,1-2H3. The molecular formula is C20H23N3O5. The number of amides is 1. The van der Waals surface area contributed by atoms with Crippen LogP contribution >= 0.6 is 0 Å². The molecule has 3 rings (SSSR count). The van der Waals surface area contributed by atoms with Gasteiger partial charge in [0.15, 0.2) is 5.76 Å². The molecule has 0 bridgehead atoms. The molecule has 0 fully saturated rings. The van der Waals surface area contributed by atoms with Crippen LogP contribution in [0.2, 0.25) is 0 Å². The fourth-order valence-corrected chi connectivity index (χ4v) is 3.28. The highest BCUT2D eigenvalue weighted by Crippen LogP contribution is 2.38. The maximum atomic E-state index is 12.7. The van der Waals surface area contributed by atoms with Crippen molar-refractivity contribution in [3.05, 3.63) is 59.9 Å². The molecule has 28 heavy (non-hydrogen) atoms. The third-order valence-corrected chi connectivity index (χ3v) is 4.61. The third kappa shape index (κ3) is 3.85. The summed E-state index contributed by atoms with van der Waals surface area (Å²) in [5, 5.41) is 10.4. The second kappa shape index (κ2) is 8.60. The highest BCUT2D eigenvalue weighted by atomic mass is 16.5. The Hall–Kier alpha value is -3.29. The number of methoxy groups -OCH3 is 1. The molecule has 0 radical (unpaired) electrons. The van der Waals surface area contributed by atoms with Crippen molar-refractivity contribution in [2.45, 2.75) is 25.9 Å². The summed E-state index contributed by atoms with van der Waals surface area (Å²) in [7, 11) is 1.56. The quantitative estimate of drug-likeness (QED) is 0.701. The van der Waals surface area contributed by atoms with Crippen LogP contribution in [0.3, 0.4) is 0 Å². The summed E-state index contributed by atoms with van der Waals surface area (Å²) in [6.45, 7) is 2.85. The normalized spacial score (nSPS) is 16.6. The van der Waals surface area contributed by atoms with E-state index in [-0.39, 0.29) is 12.2 Å². The number of hydrogen-bond donors (Lipinski definition) is 1. The van der Waals surface area contributed by atoms with Gasteiger partial charge in [-0.1, -0.05) is 12.1 Å². The lowest BCUT2D eigenvalue weighted by Gasteiger charge is -2.26. The maximum absolute atomic E-state index is 12.7. The minimum atomic E-state index is -0.708. The molecule has 1 amide bonds. The van der Waals surface area contributed by atoms with Crippen molar-refractivity contribution in [1.29, 1.82) is 0 Å². The highest BCUT2D eigenvalue weighted by Gasteiger charge is 2.44. The van der Waals surface area contributed by atoms with Gasteiger partial charge in [0.05, 0.1) is 26.1 Å². The molecule has 1 aliphatic rings. The van der Waals surface area contributed by atoms with Gasteiger partial charge in [-0.3, -0.25) is 4.79 Å². The van der Waals surface area contributed by atoms with Crippen LogP contribution < -0.4 is 4.74 Å². The maximum Gasteiger partial charge on any atom is 0.340 e. The summed E-state index contributed by atoms with van der Waals surface area (Å²) in [6, 6.07) is 6.35. The van der Waals surface area contributed by atoms with Gasteiger partial charge in [-0.2, -0.15) is 0 Å². The van der Waals surface area contributed by atoms with E-state index in [4.69, 9.17) is 9.47 Å². The molecule has 0 saturated heterocycles. The zero-order valence-electron chi connectivity index (χ0n) is 15.9. The highest BCUT2D eigenvalue weighted by molar-refractivity contribution is 6.06. The van der Waals surface area contributed by atoms with Crippen LogP contribution in [0.4, 0.5) is 0 Å². The molecule has 2 heterocycles. The second-order valence-electron chi connectivity index (χ2n) is 6.31. The predicted molar refractivity (Wildman–Crippen MR) is 101 cm³/mol. The summed E-state index contributed by atoms with van der Waals surface area (Å²) in [4.78, 5) is 30.6. The summed E-state index contributed by atoms with van der Waals surface area (Å²) >= 11 is 0. The zero-order chi connectivity index (χ0) is 20.1. The van der Waals surface area contributed by atoms with E-state index in [0.29, 0.717) is 30.8 Å². The number of nitrogens with zero attached hydrogens (tertiary/aromatic N) is 3. The summed E-state index contributed by atoms with van der Waals surface area (Å²) in [6.07, 6.45) is 5.87. The molecule has 1 atom stereocenters. The molecule has 2 aromatic rings. The van der Waals surface area contributed by atoms with Crippen LogP contribution in [0.5, 0.6) is 5.75 Å². The number of carbonyl (C=O) groups is 2. The van der Waals surface area contributed by atoms with Crippen LogP contribution in [0.1, 0.15) is 24.9 Å². The number of imidazole rings is 1. The lowest BCUT2D eigenvalue weighted by molar-refractivity contribution is -0.139. The lowest BCUT2D eigenvalue weighted by atomic mass is 9.99. The largest absolute Gasteiger partial charge is 0.503 e. The molecule has 0 saturated carbocycles. The van der Waals surface area contributed by atoms with Gasteiger partial charge in [-0.25, -0.2) is 9.78 Å². The van der Waals surface area contributed by atoms with E-state index in [0.717, 1.165) is 0 Å². The number of carbonyl (C=O) groups excluding carboxylic acids is 2. The number of ether oxygens (including phenoxy) is 2. The number of hydrogen-bond acceptors (Lipinski definition) is 6. The van der Waals surface area contributed by atoms with Crippen molar-refractivity contribution in [2.24, 2.45) is 0 Å². The van der Waals surface area contributed by atoms with Gasteiger partial charge in [0.25, 0.3) is 5.91 Å². The van der Waals surface area contributed by atoms with Crippen molar-refractivity contribution in [1.82, 2.24) is 14.5 Å². The molecule has 0 spiro atoms. The van der Waals surface area contributed by atoms with Gasteiger partial charge >= 0.3 is 5.97 Å². The van der Waals surface area contributed by atoms with Crippen molar-refractivity contribution < 1.29 is 24.2 Å². The van der Waals surface area contributed by atoms with Gasteiger partial charge in [-0.05, 0) is 31.0 Å². The number of esters is 1. The predicted octanol–water partition coefficient (Wildman–Crippen LogP) is 2.24. The van der Waals surface area contributed by atoms with Gasteiger partial charge in [0.1, 0.15) is 11.3 Å². The molecule has 148 valence electrons. The van der Waals surface area contributed by atoms with E-state index < -0.39 is 23.7 Å². The van der Waals surface area contributed by atoms with Crippen LogP contribution in [-0.4, -0.2) is 51.7 Å². The summed E-state index contributed by atoms with van der Waals surface area (Å²) < 4.78 is 12.2. The SMILES string of the molecule is CCOC(=O)C1=C(O)C(=O)N(CCCn2ccnc2)C1c1ccc(OC)cc1. The smallest absolute Gasteiger partial charge is 0.340 e. The van der Waals surface area contributed by atoms with Crippen LogP contribution in [0.25, 0.3) is 0 Å². The molecule has 0 aliphatic carbocycles. The van der Waals surface area contributed by atoms with Crippen molar-refractivity contribution >= 4 is 11.9 Å². The van der Waals surface area contributed by atoms with E-state index in [2.05, 4.69) is 4.98 Å². The molecule has 1 N–H and O–H groups in total. The minimum Gasteiger partial charge on any atom is -0.503 e. The number of aromatic nitrogens is 2. The molecular weight excluding hydrogens is 362 g/mol. The Kier molecular flexibility index (Phi) is 5.98. The van der Waals surface area contributed by atoms with Crippen molar-refractivity contribution in [3.8, 4) is 5.75 Å². The molecule has 8 nitrogen and oxygen atoms in total. The number of aliphatic hydroxyl groups is 1. The van der Waals surface area contributed by atoms with E-state index in [1.807, 2.05) is 10.8 Å². The van der Waals surface area contributed by atoms with Gasteiger partial charge in [-0.15, -0.1) is 0 Å². The first-order valence-corrected chi connectivity index (χ1v) is 9.07.